The molecular weight excluding hydrogens is 276 g/mol. The van der Waals surface area contributed by atoms with Crippen LogP contribution in [0, 0.1) is 13.8 Å². The Morgan fingerprint density at radius 2 is 1.90 bits per heavy atom. The van der Waals surface area contributed by atoms with E-state index < -0.39 is 15.6 Å². The molecule has 0 atom stereocenters. The minimum atomic E-state index is -3.58. The highest BCUT2D eigenvalue weighted by atomic mass is 32.2. The van der Waals surface area contributed by atoms with Crippen molar-refractivity contribution < 1.29 is 13.2 Å². The van der Waals surface area contributed by atoms with Crippen molar-refractivity contribution in [2.24, 2.45) is 0 Å². The number of hydrogen-bond donors (Lipinski definition) is 2. The topological polar surface area (TPSA) is 81.4 Å². The average molecular weight is 300 g/mol. The molecule has 0 fully saturated rings. The van der Waals surface area contributed by atoms with Gasteiger partial charge < -0.3 is 10.5 Å². The number of aryl methyl sites for hydroxylation is 1. The smallest absolute Gasteiger partial charge is 0.240 e. The molecule has 1 aromatic carbocycles. The van der Waals surface area contributed by atoms with E-state index in [2.05, 4.69) is 4.72 Å². The van der Waals surface area contributed by atoms with Crippen molar-refractivity contribution in [3.8, 4) is 0 Å². The molecule has 3 N–H and O–H groups in total. The quantitative estimate of drug-likeness (QED) is 0.787. The van der Waals surface area contributed by atoms with E-state index in [0.717, 1.165) is 11.1 Å². The second-order valence-corrected chi connectivity index (χ2v) is 7.24. The highest BCUT2D eigenvalue weighted by Gasteiger charge is 2.23. The maximum Gasteiger partial charge on any atom is 0.240 e. The second kappa shape index (κ2) is 6.11. The Morgan fingerprint density at radius 1 is 1.30 bits per heavy atom. The third-order valence-electron chi connectivity index (χ3n) is 3.21. The highest BCUT2D eigenvalue weighted by Crippen LogP contribution is 2.21. The van der Waals surface area contributed by atoms with E-state index in [4.69, 9.17) is 10.5 Å². The van der Waals surface area contributed by atoms with Gasteiger partial charge in [0.05, 0.1) is 10.5 Å². The van der Waals surface area contributed by atoms with Crippen molar-refractivity contribution in [1.29, 1.82) is 0 Å². The lowest BCUT2D eigenvalue weighted by Gasteiger charge is -2.25. The number of nitrogens with two attached hydrogens (primary N) is 1. The van der Waals surface area contributed by atoms with Crippen molar-refractivity contribution >= 4 is 15.7 Å². The lowest BCUT2D eigenvalue weighted by Crippen LogP contribution is -2.40. The maximum absolute atomic E-state index is 12.3. The number of anilines is 1. The van der Waals surface area contributed by atoms with Gasteiger partial charge in [0.1, 0.15) is 0 Å². The van der Waals surface area contributed by atoms with E-state index >= 15 is 0 Å². The van der Waals surface area contributed by atoms with Crippen molar-refractivity contribution in [2.75, 3.05) is 18.9 Å². The molecule has 1 aromatic rings. The van der Waals surface area contributed by atoms with Crippen molar-refractivity contribution in [2.45, 2.75) is 45.1 Å². The molecule has 1 rings (SSSR count). The van der Waals surface area contributed by atoms with Crippen LogP contribution in [0.25, 0.3) is 0 Å². The van der Waals surface area contributed by atoms with Gasteiger partial charge in [0.25, 0.3) is 0 Å². The first-order valence-electron chi connectivity index (χ1n) is 6.59. The summed E-state index contributed by atoms with van der Waals surface area (Å²) in [5, 5.41) is 0. The molecule has 0 heterocycles. The van der Waals surface area contributed by atoms with E-state index in [9.17, 15) is 8.42 Å². The minimum Gasteiger partial charge on any atom is -0.398 e. The van der Waals surface area contributed by atoms with Gasteiger partial charge in [-0.2, -0.15) is 0 Å². The van der Waals surface area contributed by atoms with Crippen LogP contribution in [0.5, 0.6) is 0 Å². The van der Waals surface area contributed by atoms with Gasteiger partial charge in [0.15, 0.2) is 0 Å². The molecule has 0 aliphatic rings. The van der Waals surface area contributed by atoms with Crippen LogP contribution < -0.4 is 10.5 Å². The SMILES string of the molecule is CCOC(C)(C)CNS(=O)(=O)c1cc(C)c(C)c(N)c1. The second-order valence-electron chi connectivity index (χ2n) is 5.47. The fourth-order valence-electron chi connectivity index (χ4n) is 1.80. The Kier molecular flexibility index (Phi) is 5.18. The van der Waals surface area contributed by atoms with Gasteiger partial charge in [0.2, 0.25) is 10.0 Å². The summed E-state index contributed by atoms with van der Waals surface area (Å²) < 4.78 is 32.6. The molecule has 114 valence electrons. The highest BCUT2D eigenvalue weighted by molar-refractivity contribution is 7.89. The zero-order valence-corrected chi connectivity index (χ0v) is 13.6. The number of benzene rings is 1. The van der Waals surface area contributed by atoms with Crippen LogP contribution in [-0.4, -0.2) is 27.2 Å². The molecule has 6 heteroatoms. The van der Waals surface area contributed by atoms with Crippen molar-refractivity contribution in [3.05, 3.63) is 23.3 Å². The summed E-state index contributed by atoms with van der Waals surface area (Å²) in [6.45, 7) is 10.0. The Bertz CT molecular complexity index is 557. The van der Waals surface area contributed by atoms with Gasteiger partial charge >= 0.3 is 0 Å². The predicted octanol–water partition coefficient (Wildman–Crippen LogP) is 1.98. The molecule has 0 saturated heterocycles. The van der Waals surface area contributed by atoms with E-state index in [-0.39, 0.29) is 11.4 Å². The number of nitrogens with one attached hydrogen (secondary N) is 1. The zero-order chi connectivity index (χ0) is 15.6. The third-order valence-corrected chi connectivity index (χ3v) is 4.60. The summed E-state index contributed by atoms with van der Waals surface area (Å²) in [6, 6.07) is 3.11. The largest absolute Gasteiger partial charge is 0.398 e. The summed E-state index contributed by atoms with van der Waals surface area (Å²) in [5.41, 5.74) is 7.52. The van der Waals surface area contributed by atoms with Crippen LogP contribution in [0.15, 0.2) is 17.0 Å². The number of nitrogen functional groups attached to an aromatic ring is 1. The lowest BCUT2D eigenvalue weighted by molar-refractivity contribution is -0.00514. The van der Waals surface area contributed by atoms with Crippen LogP contribution in [0.3, 0.4) is 0 Å². The Labute approximate surface area is 121 Å². The monoisotopic (exact) mass is 300 g/mol. The Balaban J connectivity index is 2.95. The predicted molar refractivity (Wildman–Crippen MR) is 81.2 cm³/mol. The summed E-state index contributed by atoms with van der Waals surface area (Å²) in [4.78, 5) is 0.186. The van der Waals surface area contributed by atoms with Crippen LogP contribution in [0.2, 0.25) is 0 Å². The molecule has 0 radical (unpaired) electrons. The maximum atomic E-state index is 12.3. The van der Waals surface area contributed by atoms with Gasteiger partial charge in [0, 0.05) is 18.8 Å². The van der Waals surface area contributed by atoms with Crippen molar-refractivity contribution in [1.82, 2.24) is 4.72 Å². The average Bonchev–Trinajstić information content (AvgIpc) is 2.33. The molecule has 0 aromatic heterocycles. The molecule has 0 aliphatic carbocycles. The molecule has 0 saturated carbocycles. The van der Waals surface area contributed by atoms with E-state index in [1.54, 1.807) is 6.07 Å². The molecule has 0 spiro atoms. The van der Waals surface area contributed by atoms with Crippen LogP contribution >= 0.6 is 0 Å². The number of sulfonamides is 1. The minimum absolute atomic E-state index is 0.186. The number of hydrogen-bond acceptors (Lipinski definition) is 4. The molecule has 0 amide bonds. The molecule has 0 aliphatic heterocycles. The molecule has 20 heavy (non-hydrogen) atoms. The summed E-state index contributed by atoms with van der Waals surface area (Å²) in [7, 11) is -3.58. The van der Waals surface area contributed by atoms with Gasteiger partial charge in [-0.3, -0.25) is 0 Å². The summed E-state index contributed by atoms with van der Waals surface area (Å²) >= 11 is 0. The van der Waals surface area contributed by atoms with Gasteiger partial charge in [-0.15, -0.1) is 0 Å². The first-order chi connectivity index (χ1) is 9.09. The van der Waals surface area contributed by atoms with Crippen molar-refractivity contribution in [3.63, 3.8) is 0 Å². The van der Waals surface area contributed by atoms with Gasteiger partial charge in [-0.1, -0.05) is 0 Å². The molecule has 0 unspecified atom stereocenters. The Hall–Kier alpha value is -1.11. The van der Waals surface area contributed by atoms with E-state index in [0.29, 0.717) is 12.3 Å². The fraction of sp³-hybridized carbons (Fsp3) is 0.571. The summed E-state index contributed by atoms with van der Waals surface area (Å²) in [6.07, 6.45) is 0. The summed E-state index contributed by atoms with van der Waals surface area (Å²) in [5.74, 6) is 0. The van der Waals surface area contributed by atoms with E-state index in [1.165, 1.54) is 6.07 Å². The third kappa shape index (κ3) is 4.19. The standard InChI is InChI=1S/C14H24N2O3S/c1-6-19-14(4,5)9-16-20(17,18)12-7-10(2)11(3)13(15)8-12/h7-8,16H,6,9,15H2,1-5H3. The zero-order valence-electron chi connectivity index (χ0n) is 12.8. The Morgan fingerprint density at radius 3 is 2.40 bits per heavy atom. The van der Waals surface area contributed by atoms with Crippen LogP contribution in [-0.2, 0) is 14.8 Å². The molecule has 0 bridgehead atoms. The molecule has 5 nitrogen and oxygen atoms in total. The van der Waals surface area contributed by atoms with Gasteiger partial charge in [-0.05, 0) is 57.9 Å². The van der Waals surface area contributed by atoms with Gasteiger partial charge in [-0.25, -0.2) is 13.1 Å². The molecular formula is C14H24N2O3S. The normalized spacial score (nSPS) is 12.7. The number of rotatable bonds is 6. The van der Waals surface area contributed by atoms with Crippen LogP contribution in [0.4, 0.5) is 5.69 Å². The van der Waals surface area contributed by atoms with E-state index in [1.807, 2.05) is 34.6 Å². The van der Waals surface area contributed by atoms with Crippen LogP contribution in [0.1, 0.15) is 31.9 Å². The number of ether oxygens (including phenoxy) is 1. The fourth-order valence-corrected chi connectivity index (χ4v) is 3.12. The first kappa shape index (κ1) is 16.9. The first-order valence-corrected chi connectivity index (χ1v) is 8.08. The lowest BCUT2D eigenvalue weighted by atomic mass is 10.1.